The minimum absolute atomic E-state index is 0.908. The van der Waals surface area contributed by atoms with Gasteiger partial charge in [0.25, 0.3) is 0 Å². The first-order chi connectivity index (χ1) is 6.40. The van der Waals surface area contributed by atoms with Crippen LogP contribution in [0.5, 0.6) is 0 Å². The summed E-state index contributed by atoms with van der Waals surface area (Å²) in [6.45, 7) is 0. The summed E-state index contributed by atoms with van der Waals surface area (Å²) in [5.41, 5.74) is 1.03. The summed E-state index contributed by atoms with van der Waals surface area (Å²) in [6.07, 6.45) is 0. The van der Waals surface area contributed by atoms with Crippen molar-refractivity contribution < 1.29 is 0 Å². The summed E-state index contributed by atoms with van der Waals surface area (Å²) < 4.78 is 0. The summed E-state index contributed by atoms with van der Waals surface area (Å²) >= 11 is 1.70. The molecule has 0 fully saturated rings. The molecule has 2 aromatic heterocycles. The molecule has 0 bridgehead atoms. The predicted molar refractivity (Wildman–Crippen MR) is 57.1 cm³/mol. The quantitative estimate of drug-likeness (QED) is 0.787. The highest BCUT2D eigenvalue weighted by atomic mass is 32.1. The highest BCUT2D eigenvalue weighted by Gasteiger charge is 1.99. The van der Waals surface area contributed by atoms with Gasteiger partial charge >= 0.3 is 0 Å². The second kappa shape index (κ2) is 3.58. The van der Waals surface area contributed by atoms with Crippen molar-refractivity contribution in [2.75, 3.05) is 12.4 Å². The molecule has 0 atom stereocenters. The normalized spacial score (nSPS) is 9.92. The molecule has 13 heavy (non-hydrogen) atoms. The summed E-state index contributed by atoms with van der Waals surface area (Å²) in [5, 5.41) is 5.08. The van der Waals surface area contributed by atoms with Gasteiger partial charge in [0.05, 0.1) is 10.6 Å². The second-order valence-electron chi connectivity index (χ2n) is 2.64. The Morgan fingerprint density at radius 1 is 1.23 bits per heavy atom. The van der Waals surface area contributed by atoms with Gasteiger partial charge in [-0.25, -0.2) is 4.98 Å². The van der Waals surface area contributed by atoms with Crippen molar-refractivity contribution >= 4 is 17.2 Å². The Bertz CT molecular complexity index is 382. The Kier molecular flexibility index (Phi) is 2.27. The molecule has 0 unspecified atom stereocenters. The highest BCUT2D eigenvalue weighted by molar-refractivity contribution is 7.13. The first-order valence-corrected chi connectivity index (χ1v) is 4.97. The van der Waals surface area contributed by atoms with E-state index in [4.69, 9.17) is 0 Å². The Balaban J connectivity index is 2.41. The number of nitrogens with one attached hydrogen (secondary N) is 1. The Labute approximate surface area is 81.3 Å². The second-order valence-corrected chi connectivity index (χ2v) is 3.58. The van der Waals surface area contributed by atoms with Crippen molar-refractivity contribution in [1.82, 2.24) is 4.98 Å². The molecule has 2 rings (SSSR count). The maximum Gasteiger partial charge on any atom is 0.126 e. The molecule has 0 saturated heterocycles. The molecule has 0 aliphatic rings. The third kappa shape index (κ3) is 1.70. The zero-order valence-corrected chi connectivity index (χ0v) is 8.14. The molecule has 0 spiro atoms. The van der Waals surface area contributed by atoms with Gasteiger partial charge < -0.3 is 5.32 Å². The van der Waals surface area contributed by atoms with Crippen molar-refractivity contribution in [3.05, 3.63) is 35.7 Å². The van der Waals surface area contributed by atoms with Gasteiger partial charge in [0.15, 0.2) is 0 Å². The van der Waals surface area contributed by atoms with Gasteiger partial charge in [0.1, 0.15) is 5.82 Å². The fourth-order valence-corrected chi connectivity index (χ4v) is 1.83. The molecule has 0 saturated carbocycles. The molecule has 0 amide bonds. The van der Waals surface area contributed by atoms with E-state index in [1.807, 2.05) is 31.3 Å². The van der Waals surface area contributed by atoms with E-state index in [-0.39, 0.29) is 0 Å². The molecule has 0 radical (unpaired) electrons. The number of nitrogens with zero attached hydrogens (tertiary/aromatic N) is 1. The van der Waals surface area contributed by atoms with Crippen LogP contribution >= 0.6 is 11.3 Å². The molecule has 0 aromatic carbocycles. The van der Waals surface area contributed by atoms with Crippen LogP contribution < -0.4 is 5.32 Å². The van der Waals surface area contributed by atoms with Gasteiger partial charge in [-0.2, -0.15) is 0 Å². The molecule has 2 nitrogen and oxygen atoms in total. The monoisotopic (exact) mass is 190 g/mol. The number of pyridine rings is 1. The van der Waals surface area contributed by atoms with Gasteiger partial charge in [-0.3, -0.25) is 0 Å². The Hall–Kier alpha value is -1.35. The molecule has 66 valence electrons. The minimum atomic E-state index is 0.908. The van der Waals surface area contributed by atoms with E-state index < -0.39 is 0 Å². The fourth-order valence-electron chi connectivity index (χ4n) is 1.14. The van der Waals surface area contributed by atoms with Crippen LogP contribution in [0, 0.1) is 0 Å². The van der Waals surface area contributed by atoms with Crippen LogP contribution in [0.15, 0.2) is 35.7 Å². The van der Waals surface area contributed by atoms with Crippen molar-refractivity contribution in [2.45, 2.75) is 0 Å². The van der Waals surface area contributed by atoms with Crippen LogP contribution in [0.25, 0.3) is 10.6 Å². The first kappa shape index (κ1) is 8.26. The SMILES string of the molecule is CNc1cccc(-c2cccs2)n1. The molecule has 1 N–H and O–H groups in total. The van der Waals surface area contributed by atoms with Crippen molar-refractivity contribution in [1.29, 1.82) is 0 Å². The summed E-state index contributed by atoms with van der Waals surface area (Å²) in [5.74, 6) is 0.908. The molecule has 0 aliphatic heterocycles. The van der Waals surface area contributed by atoms with Crippen LogP contribution in [0.4, 0.5) is 5.82 Å². The zero-order valence-electron chi connectivity index (χ0n) is 7.32. The number of rotatable bonds is 2. The topological polar surface area (TPSA) is 24.9 Å². The van der Waals surface area contributed by atoms with Gasteiger partial charge in [-0.1, -0.05) is 12.1 Å². The van der Waals surface area contributed by atoms with E-state index in [2.05, 4.69) is 21.7 Å². The predicted octanol–water partition coefficient (Wildman–Crippen LogP) is 2.85. The fraction of sp³-hybridized carbons (Fsp3) is 0.100. The average molecular weight is 190 g/mol. The molecule has 0 aliphatic carbocycles. The maximum absolute atomic E-state index is 4.43. The number of aromatic nitrogens is 1. The van der Waals surface area contributed by atoms with Crippen molar-refractivity contribution in [3.63, 3.8) is 0 Å². The van der Waals surface area contributed by atoms with Gasteiger partial charge in [-0.15, -0.1) is 11.3 Å². The molecular formula is C10H10N2S. The number of thiophene rings is 1. The lowest BCUT2D eigenvalue weighted by atomic mass is 10.3. The third-order valence-corrected chi connectivity index (χ3v) is 2.67. The maximum atomic E-state index is 4.43. The van der Waals surface area contributed by atoms with Gasteiger partial charge in [0.2, 0.25) is 0 Å². The summed E-state index contributed by atoms with van der Waals surface area (Å²) in [4.78, 5) is 5.64. The van der Waals surface area contributed by atoms with Crippen LogP contribution in [-0.2, 0) is 0 Å². The third-order valence-electron chi connectivity index (χ3n) is 1.78. The number of anilines is 1. The highest BCUT2D eigenvalue weighted by Crippen LogP contribution is 2.23. The summed E-state index contributed by atoms with van der Waals surface area (Å²) in [6, 6.07) is 10.1. The van der Waals surface area contributed by atoms with Crippen molar-refractivity contribution in [2.24, 2.45) is 0 Å². The van der Waals surface area contributed by atoms with Gasteiger partial charge in [-0.05, 0) is 23.6 Å². The number of hydrogen-bond donors (Lipinski definition) is 1. The average Bonchev–Trinajstić information content (AvgIpc) is 2.71. The molecule has 2 heterocycles. The number of hydrogen-bond acceptors (Lipinski definition) is 3. The largest absolute Gasteiger partial charge is 0.373 e. The van der Waals surface area contributed by atoms with E-state index >= 15 is 0 Å². The minimum Gasteiger partial charge on any atom is -0.373 e. The van der Waals surface area contributed by atoms with E-state index in [1.165, 1.54) is 4.88 Å². The van der Waals surface area contributed by atoms with E-state index in [0.717, 1.165) is 11.5 Å². The Morgan fingerprint density at radius 2 is 2.15 bits per heavy atom. The smallest absolute Gasteiger partial charge is 0.126 e. The molecule has 3 heteroatoms. The van der Waals surface area contributed by atoms with Crippen LogP contribution in [-0.4, -0.2) is 12.0 Å². The van der Waals surface area contributed by atoms with E-state index in [9.17, 15) is 0 Å². The lowest BCUT2D eigenvalue weighted by Crippen LogP contribution is -1.91. The molecule has 2 aromatic rings. The zero-order chi connectivity index (χ0) is 9.10. The first-order valence-electron chi connectivity index (χ1n) is 4.09. The lowest BCUT2D eigenvalue weighted by molar-refractivity contribution is 1.30. The van der Waals surface area contributed by atoms with E-state index in [0.29, 0.717) is 0 Å². The van der Waals surface area contributed by atoms with Crippen LogP contribution in [0.2, 0.25) is 0 Å². The van der Waals surface area contributed by atoms with Crippen LogP contribution in [0.1, 0.15) is 0 Å². The lowest BCUT2D eigenvalue weighted by Gasteiger charge is -2.00. The van der Waals surface area contributed by atoms with Gasteiger partial charge in [0, 0.05) is 7.05 Å². The Morgan fingerprint density at radius 3 is 2.85 bits per heavy atom. The molecular weight excluding hydrogens is 180 g/mol. The van der Waals surface area contributed by atoms with Crippen molar-refractivity contribution in [3.8, 4) is 10.6 Å². The van der Waals surface area contributed by atoms with E-state index in [1.54, 1.807) is 11.3 Å². The van der Waals surface area contributed by atoms with Crippen LogP contribution in [0.3, 0.4) is 0 Å². The standard InChI is InChI=1S/C10H10N2S/c1-11-10-6-2-4-8(12-10)9-5-3-7-13-9/h2-7H,1H3,(H,11,12). The summed E-state index contributed by atoms with van der Waals surface area (Å²) in [7, 11) is 1.88.